The van der Waals surface area contributed by atoms with Crippen LogP contribution in [0.3, 0.4) is 0 Å². The molecule has 2 aliphatic heterocycles. The Labute approximate surface area is 111 Å². The summed E-state index contributed by atoms with van der Waals surface area (Å²) >= 11 is 0. The van der Waals surface area contributed by atoms with E-state index in [1.165, 1.54) is 0 Å². The fourth-order valence-electron chi connectivity index (χ4n) is 3.09. The third-order valence-electron chi connectivity index (χ3n) is 4.23. The van der Waals surface area contributed by atoms with E-state index in [9.17, 15) is 9.59 Å². The van der Waals surface area contributed by atoms with Gasteiger partial charge in [0.1, 0.15) is 0 Å². The first-order valence-electron chi connectivity index (χ1n) is 6.99. The summed E-state index contributed by atoms with van der Waals surface area (Å²) in [6, 6.07) is 4.33. The molecule has 98 valence electrons. The van der Waals surface area contributed by atoms with E-state index in [2.05, 4.69) is 5.32 Å². The highest BCUT2D eigenvalue weighted by atomic mass is 16.2. The summed E-state index contributed by atoms with van der Waals surface area (Å²) in [7, 11) is 0. The molecule has 1 aromatic rings. The van der Waals surface area contributed by atoms with Crippen molar-refractivity contribution in [3.05, 3.63) is 28.8 Å². The third kappa shape index (κ3) is 1.74. The monoisotopic (exact) mass is 256 g/mol. The second-order valence-electron chi connectivity index (χ2n) is 5.69. The number of carbonyl (C=O) groups excluding carboxylic acids is 2. The molecule has 1 saturated carbocycles. The molecule has 1 aliphatic carbocycles. The van der Waals surface area contributed by atoms with Crippen molar-refractivity contribution in [2.24, 2.45) is 0 Å². The first-order chi connectivity index (χ1) is 9.22. The average molecular weight is 256 g/mol. The standard InChI is InChI=1S/C15H16N2O2/c18-13-4-1-9-7-11(15(19)16-12-2-3-12)8-10-5-6-17(13)14(9)10/h7-8,12H,1-6H2,(H,16,19). The van der Waals surface area contributed by atoms with Gasteiger partial charge in [-0.2, -0.15) is 0 Å². The van der Waals surface area contributed by atoms with Crippen molar-refractivity contribution in [2.45, 2.75) is 38.1 Å². The number of benzene rings is 1. The second kappa shape index (κ2) is 3.83. The largest absolute Gasteiger partial charge is 0.349 e. The van der Waals surface area contributed by atoms with Crippen molar-refractivity contribution in [1.82, 2.24) is 5.32 Å². The number of carbonyl (C=O) groups is 2. The molecule has 4 heteroatoms. The summed E-state index contributed by atoms with van der Waals surface area (Å²) in [6.07, 6.45) is 4.42. The van der Waals surface area contributed by atoms with Crippen molar-refractivity contribution in [2.75, 3.05) is 11.4 Å². The molecule has 1 N–H and O–H groups in total. The van der Waals surface area contributed by atoms with Gasteiger partial charge in [-0.1, -0.05) is 0 Å². The molecule has 2 heterocycles. The van der Waals surface area contributed by atoms with Crippen LogP contribution in [0, 0.1) is 0 Å². The van der Waals surface area contributed by atoms with Gasteiger partial charge >= 0.3 is 0 Å². The lowest BCUT2D eigenvalue weighted by Gasteiger charge is -2.25. The predicted molar refractivity (Wildman–Crippen MR) is 71.3 cm³/mol. The fourth-order valence-corrected chi connectivity index (χ4v) is 3.09. The van der Waals surface area contributed by atoms with Crippen LogP contribution >= 0.6 is 0 Å². The molecule has 0 bridgehead atoms. The molecule has 1 fully saturated rings. The van der Waals surface area contributed by atoms with E-state index in [1.54, 1.807) is 0 Å². The summed E-state index contributed by atoms with van der Waals surface area (Å²) in [4.78, 5) is 25.9. The number of nitrogens with zero attached hydrogens (tertiary/aromatic N) is 1. The number of hydrogen-bond acceptors (Lipinski definition) is 2. The maximum absolute atomic E-state index is 12.1. The van der Waals surface area contributed by atoms with Crippen molar-refractivity contribution in [1.29, 1.82) is 0 Å². The van der Waals surface area contributed by atoms with Crippen LogP contribution < -0.4 is 10.2 Å². The normalized spacial score (nSPS) is 20.4. The molecule has 0 atom stereocenters. The van der Waals surface area contributed by atoms with Crippen LogP contribution in [0.1, 0.15) is 40.7 Å². The van der Waals surface area contributed by atoms with Crippen LogP contribution in [-0.2, 0) is 17.6 Å². The quantitative estimate of drug-likeness (QED) is 0.870. The van der Waals surface area contributed by atoms with Gasteiger partial charge in [0, 0.05) is 24.6 Å². The SMILES string of the molecule is O=C(NC1CC1)c1cc2c3c(c1)CCN3C(=O)CC2. The Kier molecular flexibility index (Phi) is 2.22. The molecule has 0 saturated heterocycles. The Bertz CT molecular complexity index is 590. The zero-order valence-electron chi connectivity index (χ0n) is 10.7. The number of anilines is 1. The number of rotatable bonds is 2. The van der Waals surface area contributed by atoms with E-state index in [4.69, 9.17) is 0 Å². The maximum atomic E-state index is 12.1. The molecule has 4 nitrogen and oxygen atoms in total. The Hall–Kier alpha value is -1.84. The number of aryl methyl sites for hydroxylation is 1. The van der Waals surface area contributed by atoms with Gasteiger partial charge in [0.25, 0.3) is 5.91 Å². The van der Waals surface area contributed by atoms with Crippen LogP contribution in [0.2, 0.25) is 0 Å². The Morgan fingerprint density at radius 1 is 1.16 bits per heavy atom. The molecule has 3 aliphatic rings. The molecule has 19 heavy (non-hydrogen) atoms. The van der Waals surface area contributed by atoms with Gasteiger partial charge in [-0.15, -0.1) is 0 Å². The van der Waals surface area contributed by atoms with Gasteiger partial charge in [0.15, 0.2) is 0 Å². The van der Waals surface area contributed by atoms with E-state index in [0.717, 1.165) is 54.6 Å². The molecule has 0 spiro atoms. The molecular weight excluding hydrogens is 240 g/mol. The number of nitrogens with one attached hydrogen (secondary N) is 1. The minimum atomic E-state index is 0.0388. The van der Waals surface area contributed by atoms with Crippen LogP contribution in [0.5, 0.6) is 0 Å². The summed E-state index contributed by atoms with van der Waals surface area (Å²) < 4.78 is 0. The van der Waals surface area contributed by atoms with Gasteiger partial charge in [-0.05, 0) is 48.9 Å². The maximum Gasteiger partial charge on any atom is 0.251 e. The van der Waals surface area contributed by atoms with Crippen LogP contribution in [0.15, 0.2) is 12.1 Å². The van der Waals surface area contributed by atoms with Gasteiger partial charge in [-0.3, -0.25) is 9.59 Å². The third-order valence-corrected chi connectivity index (χ3v) is 4.23. The van der Waals surface area contributed by atoms with E-state index < -0.39 is 0 Å². The Morgan fingerprint density at radius 2 is 1.89 bits per heavy atom. The van der Waals surface area contributed by atoms with Gasteiger partial charge in [0.05, 0.1) is 5.69 Å². The summed E-state index contributed by atoms with van der Waals surface area (Å²) in [5, 5.41) is 3.03. The molecule has 0 unspecified atom stereocenters. The van der Waals surface area contributed by atoms with Crippen LogP contribution in [0.25, 0.3) is 0 Å². The first kappa shape index (κ1) is 11.0. The number of amides is 2. The lowest BCUT2D eigenvalue weighted by Crippen LogP contribution is -2.33. The van der Waals surface area contributed by atoms with E-state index >= 15 is 0 Å². The topological polar surface area (TPSA) is 49.4 Å². The molecule has 4 rings (SSSR count). The van der Waals surface area contributed by atoms with Crippen molar-refractivity contribution in [3.63, 3.8) is 0 Å². The van der Waals surface area contributed by atoms with Gasteiger partial charge < -0.3 is 10.2 Å². The van der Waals surface area contributed by atoms with E-state index in [1.807, 2.05) is 17.0 Å². The smallest absolute Gasteiger partial charge is 0.251 e. The zero-order valence-corrected chi connectivity index (χ0v) is 10.7. The molecule has 0 radical (unpaired) electrons. The van der Waals surface area contributed by atoms with Crippen molar-refractivity contribution < 1.29 is 9.59 Å². The molecular formula is C15H16N2O2. The van der Waals surface area contributed by atoms with E-state index in [0.29, 0.717) is 12.5 Å². The Morgan fingerprint density at radius 3 is 2.63 bits per heavy atom. The zero-order chi connectivity index (χ0) is 13.0. The minimum Gasteiger partial charge on any atom is -0.349 e. The van der Waals surface area contributed by atoms with Crippen LogP contribution in [0.4, 0.5) is 5.69 Å². The minimum absolute atomic E-state index is 0.0388. The predicted octanol–water partition coefficient (Wildman–Crippen LogP) is 1.41. The number of hydrogen-bond donors (Lipinski definition) is 1. The van der Waals surface area contributed by atoms with Crippen molar-refractivity contribution in [3.8, 4) is 0 Å². The lowest BCUT2D eigenvalue weighted by atomic mass is 9.96. The van der Waals surface area contributed by atoms with Gasteiger partial charge in [-0.25, -0.2) is 0 Å². The highest BCUT2D eigenvalue weighted by Crippen LogP contribution is 2.37. The van der Waals surface area contributed by atoms with Crippen LogP contribution in [-0.4, -0.2) is 24.4 Å². The first-order valence-corrected chi connectivity index (χ1v) is 6.99. The fraction of sp³-hybridized carbons (Fsp3) is 0.467. The summed E-state index contributed by atoms with van der Waals surface area (Å²) in [6.45, 7) is 0.773. The highest BCUT2D eigenvalue weighted by Gasteiger charge is 2.32. The average Bonchev–Trinajstić information content (AvgIpc) is 3.11. The van der Waals surface area contributed by atoms with E-state index in [-0.39, 0.29) is 11.8 Å². The van der Waals surface area contributed by atoms with Gasteiger partial charge in [0.2, 0.25) is 5.91 Å². The highest BCUT2D eigenvalue weighted by molar-refractivity contribution is 6.01. The summed E-state index contributed by atoms with van der Waals surface area (Å²) in [5.74, 6) is 0.262. The summed E-state index contributed by atoms with van der Waals surface area (Å²) in [5.41, 5.74) is 4.16. The molecule has 1 aromatic carbocycles. The molecule has 2 amide bonds. The Balaban J connectivity index is 1.72. The lowest BCUT2D eigenvalue weighted by molar-refractivity contribution is -0.118. The van der Waals surface area contributed by atoms with Crippen molar-refractivity contribution >= 4 is 17.5 Å². The second-order valence-corrected chi connectivity index (χ2v) is 5.69. The molecule has 0 aromatic heterocycles.